The molecule has 1 N–H and O–H groups in total. The van der Waals surface area contributed by atoms with Crippen molar-refractivity contribution in [3.8, 4) is 0 Å². The van der Waals surface area contributed by atoms with Crippen molar-refractivity contribution in [2.45, 2.75) is 64.6 Å². The molecule has 114 valence electrons. The number of ether oxygens (including phenoxy) is 1. The van der Waals surface area contributed by atoms with Crippen LogP contribution in [0.4, 0.5) is 0 Å². The van der Waals surface area contributed by atoms with Crippen molar-refractivity contribution in [1.29, 1.82) is 0 Å². The Labute approximate surface area is 121 Å². The first-order valence-corrected chi connectivity index (χ1v) is 7.70. The van der Waals surface area contributed by atoms with Crippen LogP contribution in [-0.4, -0.2) is 48.1 Å². The van der Waals surface area contributed by atoms with Gasteiger partial charge in [-0.25, -0.2) is 0 Å². The third kappa shape index (κ3) is 3.51. The Morgan fingerprint density at radius 1 is 1.40 bits per heavy atom. The number of amides is 2. The first-order valence-electron chi connectivity index (χ1n) is 7.70. The predicted molar refractivity (Wildman–Crippen MR) is 76.2 cm³/mol. The van der Waals surface area contributed by atoms with Gasteiger partial charge in [-0.2, -0.15) is 0 Å². The van der Waals surface area contributed by atoms with Crippen molar-refractivity contribution in [3.63, 3.8) is 0 Å². The van der Waals surface area contributed by atoms with Gasteiger partial charge in [-0.3, -0.25) is 9.59 Å². The van der Waals surface area contributed by atoms with Gasteiger partial charge >= 0.3 is 0 Å². The molecule has 2 heterocycles. The second kappa shape index (κ2) is 6.57. The molecule has 2 rings (SSSR count). The largest absolute Gasteiger partial charge is 0.378 e. The molecule has 20 heavy (non-hydrogen) atoms. The molecule has 2 amide bonds. The molecule has 5 nitrogen and oxygen atoms in total. The van der Waals surface area contributed by atoms with E-state index < -0.39 is 6.04 Å². The van der Waals surface area contributed by atoms with Gasteiger partial charge in [-0.1, -0.05) is 13.8 Å². The monoisotopic (exact) mass is 282 g/mol. The fourth-order valence-electron chi connectivity index (χ4n) is 3.01. The Balaban J connectivity index is 2.02. The molecule has 2 aliphatic rings. The number of rotatable bonds is 4. The second-order valence-electron chi connectivity index (χ2n) is 6.30. The Kier molecular flexibility index (Phi) is 5.02. The molecule has 0 saturated carbocycles. The van der Waals surface area contributed by atoms with Crippen molar-refractivity contribution >= 4 is 11.8 Å². The van der Waals surface area contributed by atoms with Gasteiger partial charge in [0.15, 0.2) is 0 Å². The standard InChI is InChI=1S/C15H26N2O3/c1-10(2)14-15(19)17(11(3)9-13(18)16-14)7-6-12-5-4-8-20-12/h10-12,14H,4-9H2,1-3H3,(H,16,18). The number of carbonyl (C=O) groups excluding carboxylic acids is 2. The molecular weight excluding hydrogens is 256 g/mol. The van der Waals surface area contributed by atoms with Crippen LogP contribution < -0.4 is 5.32 Å². The highest BCUT2D eigenvalue weighted by Gasteiger charge is 2.35. The number of hydrogen-bond donors (Lipinski definition) is 1. The van der Waals surface area contributed by atoms with Gasteiger partial charge < -0.3 is 15.0 Å². The fraction of sp³-hybridized carbons (Fsp3) is 0.867. The maximum atomic E-state index is 12.6. The summed E-state index contributed by atoms with van der Waals surface area (Å²) >= 11 is 0. The SMILES string of the molecule is CC(C)C1NC(=O)CC(C)N(CCC2CCCO2)C1=O. The van der Waals surface area contributed by atoms with E-state index in [2.05, 4.69) is 5.32 Å². The lowest BCUT2D eigenvalue weighted by Crippen LogP contribution is -2.49. The summed E-state index contributed by atoms with van der Waals surface area (Å²) in [6.07, 6.45) is 3.74. The number of carbonyl (C=O) groups is 2. The Morgan fingerprint density at radius 2 is 2.15 bits per heavy atom. The molecule has 3 atom stereocenters. The zero-order valence-corrected chi connectivity index (χ0v) is 12.7. The van der Waals surface area contributed by atoms with Crippen molar-refractivity contribution in [2.24, 2.45) is 5.92 Å². The molecule has 2 saturated heterocycles. The fourth-order valence-corrected chi connectivity index (χ4v) is 3.01. The highest BCUT2D eigenvalue weighted by molar-refractivity contribution is 5.90. The van der Waals surface area contributed by atoms with E-state index >= 15 is 0 Å². The number of nitrogens with zero attached hydrogens (tertiary/aromatic N) is 1. The van der Waals surface area contributed by atoms with Crippen molar-refractivity contribution in [2.75, 3.05) is 13.2 Å². The van der Waals surface area contributed by atoms with Gasteiger partial charge in [-0.15, -0.1) is 0 Å². The normalized spacial score (nSPS) is 31.6. The molecule has 0 radical (unpaired) electrons. The maximum absolute atomic E-state index is 12.6. The van der Waals surface area contributed by atoms with Crippen LogP contribution in [0.5, 0.6) is 0 Å². The van der Waals surface area contributed by atoms with Crippen LogP contribution >= 0.6 is 0 Å². The summed E-state index contributed by atoms with van der Waals surface area (Å²) in [5.41, 5.74) is 0. The molecule has 0 spiro atoms. The molecule has 0 aromatic carbocycles. The highest BCUT2D eigenvalue weighted by Crippen LogP contribution is 2.20. The van der Waals surface area contributed by atoms with Crippen molar-refractivity contribution in [3.05, 3.63) is 0 Å². The highest BCUT2D eigenvalue weighted by atomic mass is 16.5. The van der Waals surface area contributed by atoms with Crippen LogP contribution in [0.2, 0.25) is 0 Å². The van der Waals surface area contributed by atoms with E-state index in [1.165, 1.54) is 0 Å². The topological polar surface area (TPSA) is 58.6 Å². The summed E-state index contributed by atoms with van der Waals surface area (Å²) in [5.74, 6) is 0.141. The van der Waals surface area contributed by atoms with E-state index in [4.69, 9.17) is 4.74 Å². The van der Waals surface area contributed by atoms with Crippen molar-refractivity contribution < 1.29 is 14.3 Å². The van der Waals surface area contributed by atoms with Gasteiger partial charge in [0.05, 0.1) is 6.10 Å². The second-order valence-corrected chi connectivity index (χ2v) is 6.30. The van der Waals surface area contributed by atoms with Crippen LogP contribution in [0.15, 0.2) is 0 Å². The summed E-state index contributed by atoms with van der Waals surface area (Å²) < 4.78 is 5.62. The lowest BCUT2D eigenvalue weighted by atomic mass is 10.0. The van der Waals surface area contributed by atoms with Gasteiger partial charge in [0, 0.05) is 25.6 Å². The van der Waals surface area contributed by atoms with Crippen LogP contribution in [-0.2, 0) is 14.3 Å². The minimum atomic E-state index is -0.392. The molecule has 5 heteroatoms. The minimum Gasteiger partial charge on any atom is -0.378 e. The van der Waals surface area contributed by atoms with E-state index in [0.717, 1.165) is 25.9 Å². The average molecular weight is 282 g/mol. The lowest BCUT2D eigenvalue weighted by molar-refractivity contribution is -0.136. The van der Waals surface area contributed by atoms with Crippen LogP contribution in [0, 0.1) is 5.92 Å². The maximum Gasteiger partial charge on any atom is 0.245 e. The zero-order valence-electron chi connectivity index (χ0n) is 12.7. The summed E-state index contributed by atoms with van der Waals surface area (Å²) in [6, 6.07) is -0.426. The van der Waals surface area contributed by atoms with Gasteiger partial charge in [0.25, 0.3) is 0 Å². The Hall–Kier alpha value is -1.10. The molecule has 0 aromatic rings. The first kappa shape index (κ1) is 15.3. The van der Waals surface area contributed by atoms with Gasteiger partial charge in [0.1, 0.15) is 6.04 Å². The van der Waals surface area contributed by atoms with Crippen LogP contribution in [0.1, 0.15) is 46.5 Å². The molecule has 0 bridgehead atoms. The summed E-state index contributed by atoms with van der Waals surface area (Å²) in [4.78, 5) is 26.3. The van der Waals surface area contributed by atoms with Crippen molar-refractivity contribution in [1.82, 2.24) is 10.2 Å². The number of nitrogens with one attached hydrogen (secondary N) is 1. The third-order valence-electron chi connectivity index (χ3n) is 4.26. The van der Waals surface area contributed by atoms with Gasteiger partial charge in [0.2, 0.25) is 11.8 Å². The van der Waals surface area contributed by atoms with E-state index in [1.807, 2.05) is 25.7 Å². The molecule has 3 unspecified atom stereocenters. The molecule has 2 aliphatic heterocycles. The first-order chi connectivity index (χ1) is 9.49. The Morgan fingerprint density at radius 3 is 2.75 bits per heavy atom. The third-order valence-corrected chi connectivity index (χ3v) is 4.26. The summed E-state index contributed by atoms with van der Waals surface area (Å²) in [5, 5.41) is 2.86. The Bertz CT molecular complexity index is 364. The summed E-state index contributed by atoms with van der Waals surface area (Å²) in [6.45, 7) is 7.41. The molecule has 0 aliphatic carbocycles. The van der Waals surface area contributed by atoms with E-state index in [-0.39, 0.29) is 29.9 Å². The minimum absolute atomic E-state index is 0.0239. The molecule has 2 fully saturated rings. The predicted octanol–water partition coefficient (Wildman–Crippen LogP) is 1.32. The molecular formula is C15H26N2O3. The summed E-state index contributed by atoms with van der Waals surface area (Å²) in [7, 11) is 0. The van der Waals surface area contributed by atoms with Gasteiger partial charge in [-0.05, 0) is 32.1 Å². The quantitative estimate of drug-likeness (QED) is 0.846. The average Bonchev–Trinajstić information content (AvgIpc) is 2.85. The van der Waals surface area contributed by atoms with Crippen LogP contribution in [0.25, 0.3) is 0 Å². The molecule has 0 aromatic heterocycles. The smallest absolute Gasteiger partial charge is 0.245 e. The van der Waals surface area contributed by atoms with E-state index in [1.54, 1.807) is 0 Å². The zero-order chi connectivity index (χ0) is 14.7. The lowest BCUT2D eigenvalue weighted by Gasteiger charge is -2.30. The van der Waals surface area contributed by atoms with E-state index in [0.29, 0.717) is 13.0 Å². The van der Waals surface area contributed by atoms with E-state index in [9.17, 15) is 9.59 Å². The number of hydrogen-bond acceptors (Lipinski definition) is 3. The van der Waals surface area contributed by atoms with Crippen LogP contribution in [0.3, 0.4) is 0 Å².